The molecular formula is C25H33N3O3. The minimum Gasteiger partial charge on any atom is -0.361 e. The first-order valence-corrected chi connectivity index (χ1v) is 11.5. The van der Waals surface area contributed by atoms with Crippen molar-refractivity contribution in [3.05, 3.63) is 52.9 Å². The molecule has 2 amide bonds. The van der Waals surface area contributed by atoms with Gasteiger partial charge in [0.15, 0.2) is 0 Å². The quantitative estimate of drug-likeness (QED) is 0.704. The van der Waals surface area contributed by atoms with Gasteiger partial charge >= 0.3 is 0 Å². The van der Waals surface area contributed by atoms with Gasteiger partial charge in [-0.3, -0.25) is 9.59 Å². The lowest BCUT2D eigenvalue weighted by atomic mass is 9.81. The summed E-state index contributed by atoms with van der Waals surface area (Å²) in [5.41, 5.74) is 3.12. The van der Waals surface area contributed by atoms with Gasteiger partial charge in [0.2, 0.25) is 5.91 Å². The summed E-state index contributed by atoms with van der Waals surface area (Å²) in [4.78, 5) is 29.9. The Labute approximate surface area is 184 Å². The molecule has 2 heterocycles. The molecule has 0 radical (unpaired) electrons. The molecule has 6 heteroatoms. The molecule has 1 saturated heterocycles. The van der Waals surface area contributed by atoms with Crippen molar-refractivity contribution in [1.29, 1.82) is 0 Å². The van der Waals surface area contributed by atoms with E-state index in [0.717, 1.165) is 38.5 Å². The zero-order chi connectivity index (χ0) is 22.0. The maximum Gasteiger partial charge on any atom is 0.259 e. The number of hydrogen-bond donors (Lipinski definition) is 0. The molecule has 4 rings (SSSR count). The Bertz CT molecular complexity index is 926. The summed E-state index contributed by atoms with van der Waals surface area (Å²) in [7, 11) is 1.99. The van der Waals surface area contributed by atoms with Gasteiger partial charge in [-0.15, -0.1) is 0 Å². The third kappa shape index (κ3) is 4.53. The van der Waals surface area contributed by atoms with Crippen LogP contribution in [0.4, 0.5) is 0 Å². The highest BCUT2D eigenvalue weighted by molar-refractivity contribution is 5.94. The van der Waals surface area contributed by atoms with Crippen molar-refractivity contribution in [3.8, 4) is 0 Å². The molecule has 1 atom stereocenters. The predicted molar refractivity (Wildman–Crippen MR) is 119 cm³/mol. The van der Waals surface area contributed by atoms with E-state index >= 15 is 0 Å². The van der Waals surface area contributed by atoms with Crippen LogP contribution in [-0.4, -0.2) is 52.9 Å². The lowest BCUT2D eigenvalue weighted by Crippen LogP contribution is -2.50. The molecule has 1 saturated carbocycles. The number of rotatable bonds is 6. The van der Waals surface area contributed by atoms with Crippen LogP contribution < -0.4 is 0 Å². The van der Waals surface area contributed by atoms with Gasteiger partial charge in [0.25, 0.3) is 5.91 Å². The summed E-state index contributed by atoms with van der Waals surface area (Å²) < 4.78 is 5.07. The number of aromatic nitrogens is 1. The van der Waals surface area contributed by atoms with E-state index in [9.17, 15) is 9.59 Å². The molecule has 0 N–H and O–H groups in total. The normalized spacial score (nSPS) is 18.5. The first-order chi connectivity index (χ1) is 15.0. The third-order valence-corrected chi connectivity index (χ3v) is 7.34. The average Bonchev–Trinajstić information content (AvgIpc) is 3.17. The smallest absolute Gasteiger partial charge is 0.259 e. The average molecular weight is 424 g/mol. The Hall–Kier alpha value is -2.63. The van der Waals surface area contributed by atoms with Crippen LogP contribution in [0.15, 0.2) is 35.0 Å². The van der Waals surface area contributed by atoms with Crippen molar-refractivity contribution in [2.45, 2.75) is 58.4 Å². The number of carbonyl (C=O) groups is 2. The second-order valence-corrected chi connectivity index (χ2v) is 9.20. The van der Waals surface area contributed by atoms with Crippen LogP contribution >= 0.6 is 0 Å². The predicted octanol–water partition coefficient (Wildman–Crippen LogP) is 4.01. The van der Waals surface area contributed by atoms with Crippen molar-refractivity contribution in [1.82, 2.24) is 15.0 Å². The standard InChI is InChI=1S/C25H33N3O3/c1-17-7-4-5-8-21(17)15-23(27(3)24(29)20-9-6-10-20)19-11-13-28(14-12-19)25(30)22-16-26-31-18(22)2/h4-5,7-8,16,19-20,23H,6,9-15H2,1-3H3. The van der Waals surface area contributed by atoms with Gasteiger partial charge in [-0.2, -0.15) is 0 Å². The maximum absolute atomic E-state index is 13.1. The Kier molecular flexibility index (Phi) is 6.44. The highest BCUT2D eigenvalue weighted by atomic mass is 16.5. The Morgan fingerprint density at radius 3 is 2.45 bits per heavy atom. The summed E-state index contributed by atoms with van der Waals surface area (Å²) in [5.74, 6) is 1.43. The largest absolute Gasteiger partial charge is 0.361 e. The fraction of sp³-hybridized carbons (Fsp3) is 0.560. The monoisotopic (exact) mass is 423 g/mol. The maximum atomic E-state index is 13.1. The molecule has 1 aromatic heterocycles. The highest BCUT2D eigenvalue weighted by Crippen LogP contribution is 2.33. The highest BCUT2D eigenvalue weighted by Gasteiger charge is 2.36. The molecule has 166 valence electrons. The van der Waals surface area contributed by atoms with Crippen LogP contribution in [0.25, 0.3) is 0 Å². The summed E-state index contributed by atoms with van der Waals surface area (Å²) in [6.07, 6.45) is 7.37. The molecule has 6 nitrogen and oxygen atoms in total. The van der Waals surface area contributed by atoms with Crippen LogP contribution in [0.5, 0.6) is 0 Å². The fourth-order valence-electron chi connectivity index (χ4n) is 4.95. The van der Waals surface area contributed by atoms with Gasteiger partial charge in [-0.25, -0.2) is 0 Å². The number of carbonyl (C=O) groups excluding carboxylic acids is 2. The molecule has 2 aromatic rings. The van der Waals surface area contributed by atoms with Crippen LogP contribution in [0, 0.1) is 25.7 Å². The van der Waals surface area contributed by atoms with E-state index < -0.39 is 0 Å². The van der Waals surface area contributed by atoms with E-state index in [0.29, 0.717) is 36.2 Å². The molecule has 1 aliphatic carbocycles. The summed E-state index contributed by atoms with van der Waals surface area (Å²) in [5, 5.41) is 3.74. The summed E-state index contributed by atoms with van der Waals surface area (Å²) >= 11 is 0. The molecular weight excluding hydrogens is 390 g/mol. The van der Waals surface area contributed by atoms with E-state index in [1.165, 1.54) is 17.3 Å². The Balaban J connectivity index is 1.47. The first-order valence-electron chi connectivity index (χ1n) is 11.5. The number of likely N-dealkylation sites (N-methyl/N-ethyl adjacent to an activating group) is 1. The topological polar surface area (TPSA) is 66.7 Å². The SMILES string of the molecule is Cc1ccccc1CC(C1CCN(C(=O)c2cnoc2C)CC1)N(C)C(=O)C1CCC1. The van der Waals surface area contributed by atoms with Crippen molar-refractivity contribution >= 4 is 11.8 Å². The van der Waals surface area contributed by atoms with Gasteiger partial charge in [-0.1, -0.05) is 35.8 Å². The fourth-order valence-corrected chi connectivity index (χ4v) is 4.95. The third-order valence-electron chi connectivity index (χ3n) is 7.34. The molecule has 1 aliphatic heterocycles. The van der Waals surface area contributed by atoms with Crippen LogP contribution in [0.3, 0.4) is 0 Å². The van der Waals surface area contributed by atoms with E-state index in [2.05, 4.69) is 36.3 Å². The second-order valence-electron chi connectivity index (χ2n) is 9.20. The molecule has 1 unspecified atom stereocenters. The molecule has 31 heavy (non-hydrogen) atoms. The van der Waals surface area contributed by atoms with E-state index in [1.807, 2.05) is 16.8 Å². The molecule has 0 spiro atoms. The van der Waals surface area contributed by atoms with E-state index in [-0.39, 0.29) is 17.9 Å². The van der Waals surface area contributed by atoms with Crippen molar-refractivity contribution in [2.75, 3.05) is 20.1 Å². The molecule has 2 fully saturated rings. The number of hydrogen-bond acceptors (Lipinski definition) is 4. The van der Waals surface area contributed by atoms with Gasteiger partial charge < -0.3 is 14.3 Å². The van der Waals surface area contributed by atoms with Crippen LogP contribution in [0.1, 0.15) is 59.3 Å². The summed E-state index contributed by atoms with van der Waals surface area (Å²) in [6, 6.07) is 8.62. The van der Waals surface area contributed by atoms with Crippen molar-refractivity contribution in [2.24, 2.45) is 11.8 Å². The number of nitrogens with zero attached hydrogens (tertiary/aromatic N) is 3. The number of benzene rings is 1. The minimum absolute atomic E-state index is 0.00782. The van der Waals surface area contributed by atoms with E-state index in [1.54, 1.807) is 6.92 Å². The lowest BCUT2D eigenvalue weighted by molar-refractivity contribution is -0.140. The zero-order valence-corrected chi connectivity index (χ0v) is 18.8. The van der Waals surface area contributed by atoms with Crippen molar-refractivity contribution < 1.29 is 14.1 Å². The summed E-state index contributed by atoms with van der Waals surface area (Å²) in [6.45, 7) is 5.31. The van der Waals surface area contributed by atoms with Crippen LogP contribution in [-0.2, 0) is 11.2 Å². The first kappa shape index (κ1) is 21.6. The van der Waals surface area contributed by atoms with Gasteiger partial charge in [0.05, 0.1) is 6.20 Å². The van der Waals surface area contributed by atoms with Gasteiger partial charge in [0.1, 0.15) is 11.3 Å². The molecule has 0 bridgehead atoms. The number of piperidine rings is 1. The lowest BCUT2D eigenvalue weighted by Gasteiger charge is -2.42. The Morgan fingerprint density at radius 2 is 1.87 bits per heavy atom. The molecule has 2 aliphatic rings. The number of amides is 2. The Morgan fingerprint density at radius 1 is 1.16 bits per heavy atom. The second kappa shape index (κ2) is 9.25. The van der Waals surface area contributed by atoms with Crippen molar-refractivity contribution in [3.63, 3.8) is 0 Å². The van der Waals surface area contributed by atoms with Crippen LogP contribution in [0.2, 0.25) is 0 Å². The van der Waals surface area contributed by atoms with E-state index in [4.69, 9.17) is 4.52 Å². The number of aryl methyl sites for hydroxylation is 2. The minimum atomic E-state index is -0.00782. The molecule has 1 aromatic carbocycles. The number of likely N-dealkylation sites (tertiary alicyclic amines) is 1. The zero-order valence-electron chi connectivity index (χ0n) is 18.8. The van der Waals surface area contributed by atoms with Gasteiger partial charge in [-0.05, 0) is 63.0 Å². The van der Waals surface area contributed by atoms with Gasteiger partial charge in [0, 0.05) is 32.1 Å².